The number of benzene rings is 1. The highest BCUT2D eigenvalue weighted by Gasteiger charge is 2.12. The number of rotatable bonds is 1. The molecule has 15 heavy (non-hydrogen) atoms. The molecule has 0 saturated heterocycles. The van der Waals surface area contributed by atoms with Gasteiger partial charge in [0.1, 0.15) is 19.5 Å². The second-order valence-corrected chi connectivity index (χ2v) is 3.19. The molecule has 1 aromatic heterocycles. The first-order valence-electron chi connectivity index (χ1n) is 4.69. The molecule has 3 rings (SSSR count). The lowest BCUT2D eigenvalue weighted by Gasteiger charge is -2.18. The van der Waals surface area contributed by atoms with Crippen molar-refractivity contribution >= 4 is 0 Å². The van der Waals surface area contributed by atoms with Gasteiger partial charge in [-0.3, -0.25) is 5.10 Å². The maximum atomic E-state index is 5.48. The summed E-state index contributed by atoms with van der Waals surface area (Å²) < 4.78 is 10.9. The summed E-state index contributed by atoms with van der Waals surface area (Å²) in [5.41, 5.74) is 0.941. The Morgan fingerprint density at radius 1 is 1.13 bits per heavy atom. The molecule has 2 aromatic rings. The number of nitrogens with one attached hydrogen (secondary N) is 1. The number of fused-ring (bicyclic) bond motifs is 1. The van der Waals surface area contributed by atoms with E-state index < -0.39 is 0 Å². The van der Waals surface area contributed by atoms with Gasteiger partial charge in [0.25, 0.3) is 0 Å². The normalized spacial score (nSPS) is 13.9. The van der Waals surface area contributed by atoms with E-state index in [0.29, 0.717) is 13.2 Å². The van der Waals surface area contributed by atoms with Crippen molar-refractivity contribution in [2.24, 2.45) is 0 Å². The number of H-pyrrole nitrogens is 1. The van der Waals surface area contributed by atoms with Crippen molar-refractivity contribution in [3.8, 4) is 22.9 Å². The second kappa shape index (κ2) is 3.27. The van der Waals surface area contributed by atoms with Crippen LogP contribution >= 0.6 is 0 Å². The molecule has 76 valence electrons. The molecule has 0 bridgehead atoms. The van der Waals surface area contributed by atoms with Crippen molar-refractivity contribution in [1.29, 1.82) is 0 Å². The number of hydrogen-bond acceptors (Lipinski definition) is 4. The summed E-state index contributed by atoms with van der Waals surface area (Å²) in [6.45, 7) is 1.20. The van der Waals surface area contributed by atoms with Crippen molar-refractivity contribution in [2.45, 2.75) is 0 Å². The summed E-state index contributed by atoms with van der Waals surface area (Å²) in [7, 11) is 0. The minimum Gasteiger partial charge on any atom is -0.486 e. The van der Waals surface area contributed by atoms with Crippen molar-refractivity contribution in [3.05, 3.63) is 24.5 Å². The quantitative estimate of drug-likeness (QED) is 0.757. The number of aromatic amines is 1. The summed E-state index contributed by atoms with van der Waals surface area (Å²) in [6.07, 6.45) is 1.48. The smallest absolute Gasteiger partial charge is 0.162 e. The first kappa shape index (κ1) is 8.28. The third kappa shape index (κ3) is 1.41. The lowest BCUT2D eigenvalue weighted by atomic mass is 10.2. The van der Waals surface area contributed by atoms with E-state index in [1.165, 1.54) is 6.33 Å². The average Bonchev–Trinajstić information content (AvgIpc) is 2.82. The third-order valence-corrected chi connectivity index (χ3v) is 2.23. The number of hydrogen-bond donors (Lipinski definition) is 1. The van der Waals surface area contributed by atoms with Gasteiger partial charge in [-0.2, -0.15) is 5.10 Å². The molecule has 0 aliphatic carbocycles. The van der Waals surface area contributed by atoms with Gasteiger partial charge in [0.05, 0.1) is 0 Å². The zero-order valence-corrected chi connectivity index (χ0v) is 7.93. The van der Waals surface area contributed by atoms with Crippen LogP contribution in [0, 0.1) is 0 Å². The van der Waals surface area contributed by atoms with Crippen LogP contribution in [-0.4, -0.2) is 28.4 Å². The zero-order chi connectivity index (χ0) is 10.1. The van der Waals surface area contributed by atoms with Crippen LogP contribution < -0.4 is 9.47 Å². The highest BCUT2D eigenvalue weighted by Crippen LogP contribution is 2.33. The van der Waals surface area contributed by atoms with Crippen LogP contribution in [0.1, 0.15) is 0 Å². The fourth-order valence-electron chi connectivity index (χ4n) is 1.54. The highest BCUT2D eigenvalue weighted by atomic mass is 16.6. The van der Waals surface area contributed by atoms with Gasteiger partial charge in [0.2, 0.25) is 0 Å². The molecule has 1 N–H and O–H groups in total. The van der Waals surface area contributed by atoms with Gasteiger partial charge in [-0.15, -0.1) is 0 Å². The average molecular weight is 203 g/mol. The predicted molar refractivity (Wildman–Crippen MR) is 52.8 cm³/mol. The van der Waals surface area contributed by atoms with E-state index in [4.69, 9.17) is 9.47 Å². The lowest BCUT2D eigenvalue weighted by molar-refractivity contribution is 0.171. The van der Waals surface area contributed by atoms with Crippen molar-refractivity contribution in [2.75, 3.05) is 13.2 Å². The molecule has 1 aliphatic heterocycles. The van der Waals surface area contributed by atoms with E-state index in [9.17, 15) is 0 Å². The maximum Gasteiger partial charge on any atom is 0.162 e. The molecule has 0 amide bonds. The number of aromatic nitrogens is 3. The Hall–Kier alpha value is -2.04. The molecule has 5 heteroatoms. The van der Waals surface area contributed by atoms with Gasteiger partial charge in [-0.25, -0.2) is 4.98 Å². The van der Waals surface area contributed by atoms with E-state index in [1.807, 2.05) is 18.2 Å². The van der Waals surface area contributed by atoms with E-state index in [0.717, 1.165) is 22.9 Å². The van der Waals surface area contributed by atoms with Gasteiger partial charge < -0.3 is 9.47 Å². The first-order chi connectivity index (χ1) is 7.43. The van der Waals surface area contributed by atoms with Crippen LogP contribution in [0.5, 0.6) is 11.5 Å². The molecule has 1 aliphatic rings. The molecule has 0 spiro atoms. The number of ether oxygens (including phenoxy) is 2. The van der Waals surface area contributed by atoms with Crippen molar-refractivity contribution in [3.63, 3.8) is 0 Å². The Labute approximate surface area is 86.1 Å². The zero-order valence-electron chi connectivity index (χ0n) is 7.93. The third-order valence-electron chi connectivity index (χ3n) is 2.23. The van der Waals surface area contributed by atoms with Crippen LogP contribution in [0.2, 0.25) is 0 Å². The number of nitrogens with zero attached hydrogens (tertiary/aromatic N) is 2. The molecule has 0 fully saturated rings. The summed E-state index contributed by atoms with van der Waals surface area (Å²) in [5.74, 6) is 2.27. The van der Waals surface area contributed by atoms with Gasteiger partial charge in [-0.05, 0) is 18.2 Å². The fourth-order valence-corrected chi connectivity index (χ4v) is 1.54. The minimum absolute atomic E-state index is 0.590. The largest absolute Gasteiger partial charge is 0.486 e. The van der Waals surface area contributed by atoms with Gasteiger partial charge in [-0.1, -0.05) is 0 Å². The van der Waals surface area contributed by atoms with E-state index >= 15 is 0 Å². The van der Waals surface area contributed by atoms with Gasteiger partial charge in [0, 0.05) is 5.56 Å². The second-order valence-electron chi connectivity index (χ2n) is 3.19. The van der Waals surface area contributed by atoms with E-state index in [1.54, 1.807) is 0 Å². The molecule has 0 unspecified atom stereocenters. The Kier molecular flexibility index (Phi) is 1.81. The summed E-state index contributed by atoms with van der Waals surface area (Å²) in [5, 5.41) is 6.61. The Morgan fingerprint density at radius 3 is 2.80 bits per heavy atom. The van der Waals surface area contributed by atoms with E-state index in [2.05, 4.69) is 15.2 Å². The SMILES string of the molecule is c1n[nH]c(-c2ccc3c(c2)OCCO3)n1. The molecule has 2 heterocycles. The lowest BCUT2D eigenvalue weighted by Crippen LogP contribution is -2.15. The van der Waals surface area contributed by atoms with E-state index in [-0.39, 0.29) is 0 Å². The molecule has 0 atom stereocenters. The minimum atomic E-state index is 0.590. The molecule has 5 nitrogen and oxygen atoms in total. The Morgan fingerprint density at radius 2 is 2.00 bits per heavy atom. The Balaban J connectivity index is 2.04. The molecular formula is C10H9N3O2. The van der Waals surface area contributed by atoms with Crippen LogP contribution in [0.3, 0.4) is 0 Å². The van der Waals surface area contributed by atoms with Gasteiger partial charge in [0.15, 0.2) is 17.3 Å². The highest BCUT2D eigenvalue weighted by molar-refractivity contribution is 5.60. The van der Waals surface area contributed by atoms with Gasteiger partial charge >= 0.3 is 0 Å². The summed E-state index contributed by atoms with van der Waals surface area (Å²) in [6, 6.07) is 5.70. The van der Waals surface area contributed by atoms with Crippen LogP contribution in [0.15, 0.2) is 24.5 Å². The van der Waals surface area contributed by atoms with Crippen LogP contribution in [0.25, 0.3) is 11.4 Å². The Bertz CT molecular complexity index is 468. The first-order valence-corrected chi connectivity index (χ1v) is 4.69. The molecule has 0 saturated carbocycles. The summed E-state index contributed by atoms with van der Waals surface area (Å²) in [4.78, 5) is 4.07. The van der Waals surface area contributed by atoms with Crippen LogP contribution in [-0.2, 0) is 0 Å². The molecule has 1 aromatic carbocycles. The summed E-state index contributed by atoms with van der Waals surface area (Å²) >= 11 is 0. The van der Waals surface area contributed by atoms with Crippen molar-refractivity contribution in [1.82, 2.24) is 15.2 Å². The monoisotopic (exact) mass is 203 g/mol. The fraction of sp³-hybridized carbons (Fsp3) is 0.200. The standard InChI is InChI=1S/C10H9N3O2/c1-2-8-9(15-4-3-14-8)5-7(1)10-11-6-12-13-10/h1-2,5-6H,3-4H2,(H,11,12,13). The predicted octanol–water partition coefficient (Wildman–Crippen LogP) is 1.24. The molecular weight excluding hydrogens is 194 g/mol. The maximum absolute atomic E-state index is 5.48. The topological polar surface area (TPSA) is 60.0 Å². The molecule has 0 radical (unpaired) electrons. The van der Waals surface area contributed by atoms with Crippen molar-refractivity contribution < 1.29 is 9.47 Å². The van der Waals surface area contributed by atoms with Crippen LogP contribution in [0.4, 0.5) is 0 Å².